The molecule has 0 saturated carbocycles. The molecule has 0 atom stereocenters. The Kier molecular flexibility index (Phi) is 6.59. The van der Waals surface area contributed by atoms with E-state index in [1.165, 1.54) is 18.4 Å². The predicted molar refractivity (Wildman–Crippen MR) is 62.7 cm³/mol. The summed E-state index contributed by atoms with van der Waals surface area (Å²) in [5.41, 5.74) is 1.20. The molecule has 0 radical (unpaired) electrons. The van der Waals surface area contributed by atoms with Crippen LogP contribution in [0.1, 0.15) is 25.3 Å². The molecule has 74 valence electrons. The quantitative estimate of drug-likeness (QED) is 0.824. The van der Waals surface area contributed by atoms with Crippen molar-refractivity contribution in [1.82, 2.24) is 4.98 Å². The average molecular weight is 245 g/mol. The number of pyridine rings is 1. The molecule has 0 fully saturated rings. The minimum Gasteiger partial charge on any atom is -0.370 e. The van der Waals surface area contributed by atoms with E-state index < -0.39 is 0 Å². The first-order valence-corrected chi connectivity index (χ1v) is 4.49. The molecule has 0 unspecified atom stereocenters. The molecule has 0 aliphatic rings. The van der Waals surface area contributed by atoms with Gasteiger partial charge in [-0.1, -0.05) is 19.4 Å². The van der Waals surface area contributed by atoms with E-state index in [-0.39, 0.29) is 17.0 Å². The van der Waals surface area contributed by atoms with Gasteiger partial charge in [-0.15, -0.1) is 17.0 Å². The Bertz CT molecular complexity index is 221. The van der Waals surface area contributed by atoms with Crippen molar-refractivity contribution in [3.63, 3.8) is 0 Å². The zero-order chi connectivity index (χ0) is 8.81. The fourth-order valence-corrected chi connectivity index (χ4v) is 0.966. The minimum absolute atomic E-state index is 0. The van der Waals surface area contributed by atoms with E-state index in [2.05, 4.69) is 23.3 Å². The van der Waals surface area contributed by atoms with Gasteiger partial charge in [-0.05, 0) is 25.0 Å². The molecule has 1 heterocycles. The molecule has 0 bridgehead atoms. The summed E-state index contributed by atoms with van der Waals surface area (Å²) in [7, 11) is 0. The van der Waals surface area contributed by atoms with E-state index in [0.29, 0.717) is 0 Å². The van der Waals surface area contributed by atoms with Gasteiger partial charge in [0.2, 0.25) is 0 Å². The van der Waals surface area contributed by atoms with Crippen molar-refractivity contribution in [3.05, 3.63) is 23.9 Å². The molecule has 3 heteroatoms. The zero-order valence-corrected chi connectivity index (χ0v) is 9.92. The summed E-state index contributed by atoms with van der Waals surface area (Å²) in [5, 5.41) is 3.26. The van der Waals surface area contributed by atoms with Crippen LogP contribution in [0.4, 0.5) is 5.82 Å². The number of nitrogens with one attached hydrogen (secondary N) is 1. The number of aryl methyl sites for hydroxylation is 1. The van der Waals surface area contributed by atoms with Gasteiger partial charge in [0.15, 0.2) is 0 Å². The van der Waals surface area contributed by atoms with Crippen LogP contribution < -0.4 is 5.32 Å². The molecule has 0 aromatic carbocycles. The topological polar surface area (TPSA) is 24.9 Å². The van der Waals surface area contributed by atoms with Crippen LogP contribution in [0.5, 0.6) is 0 Å². The second-order valence-corrected chi connectivity index (χ2v) is 3.00. The third-order valence-electron chi connectivity index (χ3n) is 1.75. The minimum atomic E-state index is 0. The molecule has 0 saturated heterocycles. The van der Waals surface area contributed by atoms with Gasteiger partial charge in [-0.3, -0.25) is 0 Å². The van der Waals surface area contributed by atoms with Crippen LogP contribution in [-0.4, -0.2) is 11.5 Å². The molecule has 2 nitrogen and oxygen atoms in total. The lowest BCUT2D eigenvalue weighted by Crippen LogP contribution is -2.02. The SMILES string of the molecule is Br.CCCCNc1ccc(C)cn1. The lowest BCUT2D eigenvalue weighted by Gasteiger charge is -2.03. The van der Waals surface area contributed by atoms with Gasteiger partial charge in [-0.25, -0.2) is 4.98 Å². The van der Waals surface area contributed by atoms with Crippen molar-refractivity contribution >= 4 is 22.8 Å². The maximum atomic E-state index is 4.24. The number of halogens is 1. The maximum absolute atomic E-state index is 4.24. The summed E-state index contributed by atoms with van der Waals surface area (Å²) >= 11 is 0. The Labute approximate surface area is 90.5 Å². The molecule has 0 aliphatic heterocycles. The highest BCUT2D eigenvalue weighted by Crippen LogP contribution is 2.03. The molecule has 1 N–H and O–H groups in total. The molecule has 13 heavy (non-hydrogen) atoms. The lowest BCUT2D eigenvalue weighted by atomic mass is 10.3. The summed E-state index contributed by atoms with van der Waals surface area (Å²) in [5.74, 6) is 0.981. The highest BCUT2D eigenvalue weighted by atomic mass is 79.9. The zero-order valence-electron chi connectivity index (χ0n) is 8.21. The van der Waals surface area contributed by atoms with Gasteiger partial charge in [0.25, 0.3) is 0 Å². The molecular weight excluding hydrogens is 228 g/mol. The van der Waals surface area contributed by atoms with Crippen LogP contribution in [0.3, 0.4) is 0 Å². The third kappa shape index (κ3) is 4.88. The second kappa shape index (κ2) is 6.89. The Hall–Kier alpha value is -0.570. The van der Waals surface area contributed by atoms with Gasteiger partial charge >= 0.3 is 0 Å². The number of hydrogen-bond acceptors (Lipinski definition) is 2. The number of anilines is 1. The van der Waals surface area contributed by atoms with E-state index in [4.69, 9.17) is 0 Å². The fourth-order valence-electron chi connectivity index (χ4n) is 0.966. The highest BCUT2D eigenvalue weighted by molar-refractivity contribution is 8.93. The molecule has 0 spiro atoms. The second-order valence-electron chi connectivity index (χ2n) is 3.00. The fraction of sp³-hybridized carbons (Fsp3) is 0.500. The van der Waals surface area contributed by atoms with Crippen LogP contribution >= 0.6 is 17.0 Å². The first-order valence-electron chi connectivity index (χ1n) is 4.49. The number of unbranched alkanes of at least 4 members (excludes halogenated alkanes) is 1. The van der Waals surface area contributed by atoms with Crippen LogP contribution in [0.15, 0.2) is 18.3 Å². The van der Waals surface area contributed by atoms with Crippen molar-refractivity contribution in [2.75, 3.05) is 11.9 Å². The Morgan fingerprint density at radius 1 is 1.38 bits per heavy atom. The van der Waals surface area contributed by atoms with Crippen molar-refractivity contribution in [2.45, 2.75) is 26.7 Å². The number of nitrogens with zero attached hydrogens (tertiary/aromatic N) is 1. The van der Waals surface area contributed by atoms with Crippen LogP contribution in [0.25, 0.3) is 0 Å². The average Bonchev–Trinajstić information content (AvgIpc) is 2.09. The molecule has 1 rings (SSSR count). The van der Waals surface area contributed by atoms with Gasteiger partial charge in [0, 0.05) is 12.7 Å². The Morgan fingerprint density at radius 2 is 2.15 bits per heavy atom. The van der Waals surface area contributed by atoms with Crippen molar-refractivity contribution in [1.29, 1.82) is 0 Å². The van der Waals surface area contributed by atoms with Gasteiger partial charge in [0.05, 0.1) is 0 Å². The third-order valence-corrected chi connectivity index (χ3v) is 1.75. The van der Waals surface area contributed by atoms with E-state index >= 15 is 0 Å². The first kappa shape index (κ1) is 12.4. The smallest absolute Gasteiger partial charge is 0.125 e. The van der Waals surface area contributed by atoms with Crippen LogP contribution in [0.2, 0.25) is 0 Å². The Balaban J connectivity index is 0.00000144. The van der Waals surface area contributed by atoms with Crippen molar-refractivity contribution in [2.24, 2.45) is 0 Å². The summed E-state index contributed by atoms with van der Waals surface area (Å²) < 4.78 is 0. The standard InChI is InChI=1S/C10H16N2.BrH/c1-3-4-7-11-10-6-5-9(2)8-12-10;/h5-6,8H,3-4,7H2,1-2H3,(H,11,12);1H. The molecule has 0 amide bonds. The van der Waals surface area contributed by atoms with E-state index in [1.807, 2.05) is 19.2 Å². The summed E-state index contributed by atoms with van der Waals surface area (Å²) in [6.07, 6.45) is 4.31. The largest absolute Gasteiger partial charge is 0.370 e. The van der Waals surface area contributed by atoms with Crippen LogP contribution in [-0.2, 0) is 0 Å². The molecular formula is C10H17BrN2. The number of aromatic nitrogens is 1. The predicted octanol–water partition coefficient (Wildman–Crippen LogP) is 3.18. The van der Waals surface area contributed by atoms with Crippen molar-refractivity contribution in [3.8, 4) is 0 Å². The number of rotatable bonds is 4. The Morgan fingerprint density at radius 3 is 2.69 bits per heavy atom. The molecule has 0 aliphatic carbocycles. The lowest BCUT2D eigenvalue weighted by molar-refractivity contribution is 0.831. The maximum Gasteiger partial charge on any atom is 0.125 e. The summed E-state index contributed by atoms with van der Waals surface area (Å²) in [6.45, 7) is 5.25. The van der Waals surface area contributed by atoms with E-state index in [1.54, 1.807) is 0 Å². The monoisotopic (exact) mass is 244 g/mol. The van der Waals surface area contributed by atoms with Gasteiger partial charge in [-0.2, -0.15) is 0 Å². The summed E-state index contributed by atoms with van der Waals surface area (Å²) in [6, 6.07) is 4.09. The normalized spacial score (nSPS) is 9.08. The molecule has 1 aromatic rings. The van der Waals surface area contributed by atoms with Gasteiger partial charge in [0.1, 0.15) is 5.82 Å². The molecule has 1 aromatic heterocycles. The first-order chi connectivity index (χ1) is 5.83. The summed E-state index contributed by atoms with van der Waals surface area (Å²) in [4.78, 5) is 4.24. The van der Waals surface area contributed by atoms with Gasteiger partial charge < -0.3 is 5.32 Å². The van der Waals surface area contributed by atoms with Crippen LogP contribution in [0, 0.1) is 6.92 Å². The van der Waals surface area contributed by atoms with E-state index in [0.717, 1.165) is 12.4 Å². The highest BCUT2D eigenvalue weighted by Gasteiger charge is 1.90. The van der Waals surface area contributed by atoms with Crippen molar-refractivity contribution < 1.29 is 0 Å². The number of hydrogen-bond donors (Lipinski definition) is 1. The van der Waals surface area contributed by atoms with E-state index in [9.17, 15) is 0 Å².